The zero-order valence-electron chi connectivity index (χ0n) is 17.8. The minimum atomic E-state index is 0.385. The third-order valence-electron chi connectivity index (χ3n) is 5.90. The van der Waals surface area contributed by atoms with Gasteiger partial charge in [-0.25, -0.2) is 0 Å². The highest BCUT2D eigenvalue weighted by Crippen LogP contribution is 2.32. The Bertz CT molecular complexity index is 1130. The summed E-state index contributed by atoms with van der Waals surface area (Å²) < 4.78 is 6.15. The minimum Gasteiger partial charge on any atom is -0.490 e. The van der Waals surface area contributed by atoms with Gasteiger partial charge in [-0.3, -0.25) is 0 Å². The van der Waals surface area contributed by atoms with Crippen molar-refractivity contribution in [2.75, 3.05) is 0 Å². The van der Waals surface area contributed by atoms with Gasteiger partial charge in [0, 0.05) is 11.1 Å². The van der Waals surface area contributed by atoms with Gasteiger partial charge < -0.3 is 4.74 Å². The maximum atomic E-state index is 6.15. The van der Waals surface area contributed by atoms with E-state index in [1.54, 1.807) is 11.3 Å². The number of hydrogen-bond donors (Lipinski definition) is 0. The van der Waals surface area contributed by atoms with Crippen LogP contribution in [0.2, 0.25) is 0 Å². The molecule has 0 radical (unpaired) electrons. The van der Waals surface area contributed by atoms with Gasteiger partial charge in [0.15, 0.2) is 0 Å². The Hall–Kier alpha value is -2.98. The minimum absolute atomic E-state index is 0.385. The molecule has 3 aromatic carbocycles. The van der Waals surface area contributed by atoms with Gasteiger partial charge in [-0.2, -0.15) is 0 Å². The molecule has 0 atom stereocenters. The summed E-state index contributed by atoms with van der Waals surface area (Å²) in [4.78, 5) is 0. The van der Waals surface area contributed by atoms with E-state index in [4.69, 9.17) is 4.74 Å². The molecule has 3 nitrogen and oxygen atoms in total. The maximum Gasteiger partial charge on any atom is 0.148 e. The summed E-state index contributed by atoms with van der Waals surface area (Å²) in [5.41, 5.74) is 5.84. The summed E-state index contributed by atoms with van der Waals surface area (Å²) in [6.07, 6.45) is 6.67. The highest BCUT2D eigenvalue weighted by Gasteiger charge is 2.15. The second kappa shape index (κ2) is 9.03. The molecule has 0 spiro atoms. The fraction of sp³-hybridized carbons (Fsp3) is 0.259. The second-order valence-corrected chi connectivity index (χ2v) is 9.24. The van der Waals surface area contributed by atoms with Gasteiger partial charge in [-0.05, 0) is 55.9 Å². The van der Waals surface area contributed by atoms with Crippen LogP contribution in [-0.2, 0) is 0 Å². The molecule has 0 saturated heterocycles. The third kappa shape index (κ3) is 4.70. The van der Waals surface area contributed by atoms with Crippen molar-refractivity contribution >= 4 is 11.3 Å². The zero-order chi connectivity index (χ0) is 21.0. The van der Waals surface area contributed by atoms with E-state index in [2.05, 4.69) is 89.9 Å². The van der Waals surface area contributed by atoms with Crippen molar-refractivity contribution in [2.45, 2.75) is 45.1 Å². The van der Waals surface area contributed by atoms with Crippen LogP contribution in [0.15, 0.2) is 72.8 Å². The van der Waals surface area contributed by atoms with Crippen LogP contribution in [0.25, 0.3) is 32.3 Å². The molecule has 0 unspecified atom stereocenters. The van der Waals surface area contributed by atoms with Crippen molar-refractivity contribution in [1.82, 2.24) is 10.2 Å². The Kier molecular flexibility index (Phi) is 5.81. The molecular formula is C27H26N2OS. The lowest BCUT2D eigenvalue weighted by Gasteiger charge is -2.23. The van der Waals surface area contributed by atoms with Gasteiger partial charge in [-0.15, -0.1) is 10.2 Å². The predicted octanol–water partition coefficient (Wildman–Crippen LogP) is 7.56. The molecule has 5 rings (SSSR count). The van der Waals surface area contributed by atoms with E-state index in [0.29, 0.717) is 6.10 Å². The summed E-state index contributed by atoms with van der Waals surface area (Å²) in [5.74, 6) is 0.977. The van der Waals surface area contributed by atoms with E-state index in [0.717, 1.165) is 26.9 Å². The first-order valence-corrected chi connectivity index (χ1v) is 11.8. The van der Waals surface area contributed by atoms with Crippen molar-refractivity contribution in [3.8, 4) is 38.0 Å². The molecule has 4 heteroatoms. The van der Waals surface area contributed by atoms with Crippen LogP contribution in [0.1, 0.15) is 37.7 Å². The largest absolute Gasteiger partial charge is 0.490 e. The van der Waals surface area contributed by atoms with Gasteiger partial charge in [0.2, 0.25) is 0 Å². The maximum absolute atomic E-state index is 6.15. The average Bonchev–Trinajstić information content (AvgIpc) is 3.31. The summed E-state index contributed by atoms with van der Waals surface area (Å²) in [6, 6.07) is 25.5. The molecule has 156 valence electrons. The zero-order valence-corrected chi connectivity index (χ0v) is 18.6. The van der Waals surface area contributed by atoms with Gasteiger partial charge in [-0.1, -0.05) is 84.0 Å². The van der Waals surface area contributed by atoms with E-state index in [1.807, 2.05) is 0 Å². The third-order valence-corrected chi connectivity index (χ3v) is 6.92. The molecule has 1 saturated carbocycles. The van der Waals surface area contributed by atoms with Gasteiger partial charge in [0.05, 0.1) is 6.10 Å². The Labute approximate surface area is 187 Å². The number of aromatic nitrogens is 2. The molecule has 0 bridgehead atoms. The summed E-state index contributed by atoms with van der Waals surface area (Å²) >= 11 is 1.63. The molecule has 31 heavy (non-hydrogen) atoms. The Morgan fingerprint density at radius 2 is 1.13 bits per heavy atom. The van der Waals surface area contributed by atoms with E-state index in [9.17, 15) is 0 Å². The number of rotatable bonds is 5. The molecule has 1 aromatic heterocycles. The van der Waals surface area contributed by atoms with E-state index >= 15 is 0 Å². The first-order valence-electron chi connectivity index (χ1n) is 11.0. The quantitative estimate of drug-likeness (QED) is 0.330. The van der Waals surface area contributed by atoms with Crippen LogP contribution in [0.5, 0.6) is 5.75 Å². The first-order chi connectivity index (χ1) is 15.2. The van der Waals surface area contributed by atoms with Crippen molar-refractivity contribution in [3.63, 3.8) is 0 Å². The number of ether oxygens (including phenoxy) is 1. The smallest absolute Gasteiger partial charge is 0.148 e. The number of hydrogen-bond acceptors (Lipinski definition) is 4. The normalized spacial score (nSPS) is 14.5. The summed E-state index contributed by atoms with van der Waals surface area (Å²) in [6.45, 7) is 2.09. The molecule has 1 fully saturated rings. The van der Waals surface area contributed by atoms with Crippen LogP contribution in [-0.4, -0.2) is 16.3 Å². The monoisotopic (exact) mass is 426 g/mol. The molecule has 0 amide bonds. The molecule has 0 aliphatic heterocycles. The fourth-order valence-electron chi connectivity index (χ4n) is 4.06. The number of nitrogens with zero attached hydrogens (tertiary/aromatic N) is 2. The van der Waals surface area contributed by atoms with Crippen LogP contribution in [0.3, 0.4) is 0 Å². The second-order valence-electron chi connectivity index (χ2n) is 8.26. The molecular weight excluding hydrogens is 400 g/mol. The van der Waals surface area contributed by atoms with Gasteiger partial charge in [0.25, 0.3) is 0 Å². The Morgan fingerprint density at radius 3 is 1.71 bits per heavy atom. The molecule has 1 heterocycles. The lowest BCUT2D eigenvalue weighted by Crippen LogP contribution is -2.19. The number of aryl methyl sites for hydroxylation is 1. The van der Waals surface area contributed by atoms with Gasteiger partial charge in [0.1, 0.15) is 15.8 Å². The topological polar surface area (TPSA) is 35.0 Å². The van der Waals surface area contributed by atoms with E-state index < -0.39 is 0 Å². The highest BCUT2D eigenvalue weighted by molar-refractivity contribution is 7.17. The fourth-order valence-corrected chi connectivity index (χ4v) is 4.91. The van der Waals surface area contributed by atoms with Crippen LogP contribution in [0.4, 0.5) is 0 Å². The lowest BCUT2D eigenvalue weighted by molar-refractivity contribution is 0.155. The van der Waals surface area contributed by atoms with Crippen LogP contribution >= 0.6 is 11.3 Å². The summed E-state index contributed by atoms with van der Waals surface area (Å²) in [7, 11) is 0. The molecule has 1 aliphatic rings. The first kappa shape index (κ1) is 20.0. The predicted molar refractivity (Wildman–Crippen MR) is 128 cm³/mol. The average molecular weight is 427 g/mol. The number of benzene rings is 3. The highest BCUT2D eigenvalue weighted by atomic mass is 32.1. The van der Waals surface area contributed by atoms with Gasteiger partial charge >= 0.3 is 0 Å². The van der Waals surface area contributed by atoms with E-state index in [1.165, 1.54) is 48.8 Å². The SMILES string of the molecule is Cc1ccc(-c2nnc(-c3ccc(-c4ccc(OC5CCCCC5)cc4)cc3)s2)cc1. The van der Waals surface area contributed by atoms with Crippen LogP contribution in [0, 0.1) is 6.92 Å². The Balaban J connectivity index is 1.28. The molecule has 4 aromatic rings. The van der Waals surface area contributed by atoms with E-state index in [-0.39, 0.29) is 0 Å². The lowest BCUT2D eigenvalue weighted by atomic mass is 9.98. The van der Waals surface area contributed by atoms with Crippen molar-refractivity contribution in [3.05, 3.63) is 78.4 Å². The van der Waals surface area contributed by atoms with Crippen molar-refractivity contribution < 1.29 is 4.74 Å². The summed E-state index contributed by atoms with van der Waals surface area (Å²) in [5, 5.41) is 10.7. The molecule has 0 N–H and O–H groups in total. The van der Waals surface area contributed by atoms with Crippen molar-refractivity contribution in [2.24, 2.45) is 0 Å². The standard InChI is InChI=1S/C27H26N2OS/c1-19-7-9-22(10-8-19)26-28-29-27(31-26)23-13-11-20(12-14-23)21-15-17-25(18-16-21)30-24-5-3-2-4-6-24/h7-18,24H,2-6H2,1H3. The molecule has 1 aliphatic carbocycles. The Morgan fingerprint density at radius 1 is 0.645 bits per heavy atom. The van der Waals surface area contributed by atoms with Crippen LogP contribution < -0.4 is 4.74 Å². The van der Waals surface area contributed by atoms with Crippen molar-refractivity contribution in [1.29, 1.82) is 0 Å².